The van der Waals surface area contributed by atoms with Crippen LogP contribution >= 0.6 is 34.5 Å². The molecule has 0 radical (unpaired) electrons. The summed E-state index contributed by atoms with van der Waals surface area (Å²) in [5.74, 6) is 0.710. The van der Waals surface area contributed by atoms with Crippen molar-refractivity contribution in [2.45, 2.75) is 25.4 Å². The highest BCUT2D eigenvalue weighted by Gasteiger charge is 2.47. The van der Waals surface area contributed by atoms with E-state index in [4.69, 9.17) is 27.9 Å². The smallest absolute Gasteiger partial charge is 0.307 e. The van der Waals surface area contributed by atoms with Gasteiger partial charge in [0.1, 0.15) is 6.54 Å². The lowest BCUT2D eigenvalue weighted by molar-refractivity contribution is -0.939. The Balaban J connectivity index is 1.30. The fourth-order valence-electron chi connectivity index (χ4n) is 5.74. The Kier molecular flexibility index (Phi) is 7.31. The maximum Gasteiger partial charge on any atom is 0.307 e. The molecule has 35 heavy (non-hydrogen) atoms. The highest BCUT2D eigenvalue weighted by atomic mass is 35.5. The Labute approximate surface area is 220 Å². The SMILES string of the molecule is O=C(C[C@H]1C[N+]2(CC(=O)c3cccs3)CCC1CC2)OC(c1ccc(Cl)cc1)c1ccccc1Cl. The van der Waals surface area contributed by atoms with Crippen molar-refractivity contribution >= 4 is 46.3 Å². The zero-order valence-corrected chi connectivity index (χ0v) is 21.7. The van der Waals surface area contributed by atoms with Crippen molar-refractivity contribution in [2.24, 2.45) is 11.8 Å². The zero-order chi connectivity index (χ0) is 24.4. The molecule has 182 valence electrons. The number of carbonyl (C=O) groups excluding carboxylic acids is 2. The van der Waals surface area contributed by atoms with E-state index >= 15 is 0 Å². The number of rotatable bonds is 8. The van der Waals surface area contributed by atoms with Gasteiger partial charge in [0.25, 0.3) is 0 Å². The Morgan fingerprint density at radius 1 is 1.00 bits per heavy atom. The first-order valence-electron chi connectivity index (χ1n) is 12.0. The number of esters is 1. The van der Waals surface area contributed by atoms with Gasteiger partial charge in [0, 0.05) is 34.4 Å². The van der Waals surface area contributed by atoms with Crippen LogP contribution in [0, 0.1) is 11.8 Å². The lowest BCUT2D eigenvalue weighted by atomic mass is 9.75. The molecular formula is C28H28Cl2NO3S+. The summed E-state index contributed by atoms with van der Waals surface area (Å²) in [7, 11) is 0. The van der Waals surface area contributed by atoms with Crippen molar-refractivity contribution in [3.63, 3.8) is 0 Å². The molecule has 4 heterocycles. The molecule has 3 aliphatic heterocycles. The molecule has 0 saturated carbocycles. The molecule has 0 aliphatic carbocycles. The minimum atomic E-state index is -0.599. The molecular weight excluding hydrogens is 501 g/mol. The van der Waals surface area contributed by atoms with Crippen LogP contribution in [-0.4, -0.2) is 42.4 Å². The Hall–Kier alpha value is -2.18. The van der Waals surface area contributed by atoms with Crippen molar-refractivity contribution in [3.8, 4) is 0 Å². The molecule has 2 atom stereocenters. The highest BCUT2D eigenvalue weighted by molar-refractivity contribution is 7.12. The van der Waals surface area contributed by atoms with E-state index in [1.807, 2.05) is 47.8 Å². The molecule has 2 aromatic carbocycles. The third-order valence-corrected chi connectivity index (χ3v) is 9.06. The minimum Gasteiger partial charge on any atom is -0.452 e. The van der Waals surface area contributed by atoms with Gasteiger partial charge < -0.3 is 9.22 Å². The van der Waals surface area contributed by atoms with Crippen molar-refractivity contribution in [1.29, 1.82) is 0 Å². The summed E-state index contributed by atoms with van der Waals surface area (Å²) in [6.07, 6.45) is 1.87. The molecule has 1 unspecified atom stereocenters. The van der Waals surface area contributed by atoms with Gasteiger partial charge in [-0.1, -0.05) is 59.6 Å². The van der Waals surface area contributed by atoms with Gasteiger partial charge in [-0.25, -0.2) is 0 Å². The lowest BCUT2D eigenvalue weighted by Crippen LogP contribution is -2.63. The second-order valence-corrected chi connectivity index (χ2v) is 11.6. The summed E-state index contributed by atoms with van der Waals surface area (Å²) >= 11 is 14.1. The number of quaternary nitrogens is 1. The normalized spacial score (nSPS) is 24.2. The molecule has 3 fully saturated rings. The number of Topliss-reactive ketones (excluding diaryl/α,β-unsaturated/α-hetero) is 1. The molecule has 0 spiro atoms. The van der Waals surface area contributed by atoms with Crippen molar-refractivity contribution in [2.75, 3.05) is 26.2 Å². The van der Waals surface area contributed by atoms with E-state index < -0.39 is 6.10 Å². The van der Waals surface area contributed by atoms with Crippen LogP contribution in [0.1, 0.15) is 46.2 Å². The number of nitrogens with zero attached hydrogens (tertiary/aromatic N) is 1. The number of thiophene rings is 1. The number of hydrogen-bond acceptors (Lipinski definition) is 4. The summed E-state index contributed by atoms with van der Waals surface area (Å²) in [4.78, 5) is 27.0. The van der Waals surface area contributed by atoms with E-state index in [9.17, 15) is 9.59 Å². The van der Waals surface area contributed by atoms with E-state index in [-0.39, 0.29) is 17.7 Å². The Bertz CT molecular complexity index is 1190. The summed E-state index contributed by atoms with van der Waals surface area (Å²) in [6.45, 7) is 3.40. The van der Waals surface area contributed by atoms with Crippen LogP contribution in [-0.2, 0) is 9.53 Å². The number of halogens is 2. The predicted octanol–water partition coefficient (Wildman–Crippen LogP) is 6.82. The van der Waals surface area contributed by atoms with E-state index in [0.717, 1.165) is 53.0 Å². The first kappa shape index (κ1) is 24.5. The molecule has 3 saturated heterocycles. The fourth-order valence-corrected chi connectivity index (χ4v) is 6.76. The van der Waals surface area contributed by atoms with E-state index in [1.54, 1.807) is 18.2 Å². The quantitative estimate of drug-likeness (QED) is 0.183. The molecule has 0 amide bonds. The highest BCUT2D eigenvalue weighted by Crippen LogP contribution is 2.40. The molecule has 6 rings (SSSR count). The fraction of sp³-hybridized carbons (Fsp3) is 0.357. The standard InChI is InChI=1S/C28H28Cl2NO3S/c29-22-9-7-20(8-10-22)28(23-4-1-2-5-24(23)30)34-27(33)16-21-17-31(13-11-19(21)12-14-31)18-25(32)26-6-3-15-35-26/h1-10,15,19,21,28H,11-14,16-18H2/q+1/t19?,21-,28?,31?/m0/s1. The number of hydrogen-bond donors (Lipinski definition) is 0. The van der Waals surface area contributed by atoms with Crippen molar-refractivity contribution in [1.82, 2.24) is 0 Å². The topological polar surface area (TPSA) is 43.4 Å². The number of benzene rings is 2. The first-order chi connectivity index (χ1) is 16.9. The van der Waals surface area contributed by atoms with Crippen LogP contribution in [0.3, 0.4) is 0 Å². The van der Waals surface area contributed by atoms with E-state index in [2.05, 4.69) is 0 Å². The van der Waals surface area contributed by atoms with Gasteiger partial charge >= 0.3 is 5.97 Å². The molecule has 0 N–H and O–H groups in total. The van der Waals surface area contributed by atoms with Gasteiger partial charge in [0.15, 0.2) is 6.10 Å². The predicted molar refractivity (Wildman–Crippen MR) is 140 cm³/mol. The van der Waals surface area contributed by atoms with Crippen LogP contribution in [0.15, 0.2) is 66.0 Å². The summed E-state index contributed by atoms with van der Waals surface area (Å²) in [5, 5.41) is 3.13. The lowest BCUT2D eigenvalue weighted by Gasteiger charge is -2.52. The first-order valence-corrected chi connectivity index (χ1v) is 13.7. The minimum absolute atomic E-state index is 0.211. The van der Waals surface area contributed by atoms with Crippen LogP contribution in [0.5, 0.6) is 0 Å². The Morgan fingerprint density at radius 3 is 2.43 bits per heavy atom. The second-order valence-electron chi connectivity index (χ2n) is 9.77. The summed E-state index contributed by atoms with van der Waals surface area (Å²) < 4.78 is 6.88. The van der Waals surface area contributed by atoms with E-state index in [1.165, 1.54) is 11.3 Å². The Morgan fingerprint density at radius 2 is 1.74 bits per heavy atom. The van der Waals surface area contributed by atoms with Crippen LogP contribution < -0.4 is 0 Å². The number of ether oxygens (including phenoxy) is 1. The molecule has 3 aliphatic rings. The third kappa shape index (κ3) is 5.49. The maximum atomic E-state index is 13.3. The number of piperidine rings is 3. The van der Waals surface area contributed by atoms with Gasteiger partial charge in [-0.3, -0.25) is 9.59 Å². The maximum absolute atomic E-state index is 13.3. The van der Waals surface area contributed by atoms with Crippen LogP contribution in [0.4, 0.5) is 0 Å². The monoisotopic (exact) mass is 528 g/mol. The van der Waals surface area contributed by atoms with Gasteiger partial charge in [0.05, 0.1) is 30.9 Å². The molecule has 3 aromatic rings. The van der Waals surface area contributed by atoms with Gasteiger partial charge in [-0.2, -0.15) is 0 Å². The van der Waals surface area contributed by atoms with Gasteiger partial charge in [0.2, 0.25) is 5.78 Å². The molecule has 2 bridgehead atoms. The molecule has 4 nitrogen and oxygen atoms in total. The second kappa shape index (κ2) is 10.4. The van der Waals surface area contributed by atoms with Crippen molar-refractivity contribution < 1.29 is 18.8 Å². The zero-order valence-electron chi connectivity index (χ0n) is 19.4. The average Bonchev–Trinajstić information content (AvgIpc) is 3.40. The largest absolute Gasteiger partial charge is 0.452 e. The van der Waals surface area contributed by atoms with Crippen LogP contribution in [0.25, 0.3) is 0 Å². The van der Waals surface area contributed by atoms with Crippen LogP contribution in [0.2, 0.25) is 10.0 Å². The third-order valence-electron chi connectivity index (χ3n) is 7.55. The van der Waals surface area contributed by atoms with Gasteiger partial charge in [-0.15, -0.1) is 11.3 Å². The molecule has 1 aromatic heterocycles. The van der Waals surface area contributed by atoms with E-state index in [0.29, 0.717) is 28.9 Å². The number of ketones is 1. The van der Waals surface area contributed by atoms with Gasteiger partial charge in [-0.05, 0) is 41.1 Å². The van der Waals surface area contributed by atoms with Crippen molar-refractivity contribution in [3.05, 3.63) is 92.1 Å². The number of fused-ring (bicyclic) bond motifs is 3. The summed E-state index contributed by atoms with van der Waals surface area (Å²) in [6, 6.07) is 18.6. The average molecular weight is 530 g/mol. The molecule has 7 heteroatoms. The summed E-state index contributed by atoms with van der Waals surface area (Å²) in [5.41, 5.74) is 1.58. The number of carbonyl (C=O) groups is 2.